The van der Waals surface area contributed by atoms with Crippen molar-refractivity contribution in [1.29, 1.82) is 0 Å². The fourth-order valence-electron chi connectivity index (χ4n) is 7.84. The average molecular weight is 713 g/mol. The summed E-state index contributed by atoms with van der Waals surface area (Å²) in [6.07, 6.45) is 17.2. The molecule has 52 heavy (non-hydrogen) atoms. The van der Waals surface area contributed by atoms with Crippen LogP contribution < -0.4 is 0 Å². The Hall–Kier alpha value is -4.22. The van der Waals surface area contributed by atoms with Crippen LogP contribution in [0.25, 0.3) is 11.4 Å². The zero-order valence-corrected chi connectivity index (χ0v) is 30.0. The van der Waals surface area contributed by atoms with Crippen LogP contribution in [0.5, 0.6) is 0 Å². The largest absolute Gasteiger partial charge is 0.379 e. The first kappa shape index (κ1) is 37.5. The normalized spacial score (nSPS) is 20.0. The van der Waals surface area contributed by atoms with Crippen molar-refractivity contribution < 1.29 is 29.8 Å². The molecule has 12 heteroatoms. The van der Waals surface area contributed by atoms with Gasteiger partial charge < -0.3 is 9.47 Å². The van der Waals surface area contributed by atoms with Gasteiger partial charge >= 0.3 is 0 Å². The fourth-order valence-corrected chi connectivity index (χ4v) is 7.84. The fraction of sp³-hybridized carbons (Fsp3) is 0.500. The number of rotatable bonds is 8. The van der Waals surface area contributed by atoms with Gasteiger partial charge in [0.25, 0.3) is 0 Å². The Balaban J connectivity index is 0.000000155. The third-order valence-corrected chi connectivity index (χ3v) is 10.5. The number of benzene rings is 2. The van der Waals surface area contributed by atoms with E-state index in [1.54, 1.807) is 0 Å². The average Bonchev–Trinajstić information content (AvgIpc) is 3.86. The van der Waals surface area contributed by atoms with Gasteiger partial charge in [0, 0.05) is 37.6 Å². The van der Waals surface area contributed by atoms with E-state index >= 15 is 0 Å². The van der Waals surface area contributed by atoms with E-state index < -0.39 is 0 Å². The Kier molecular flexibility index (Phi) is 14.5. The van der Waals surface area contributed by atoms with E-state index in [4.69, 9.17) is 30.2 Å². The van der Waals surface area contributed by atoms with Gasteiger partial charge in [0.15, 0.2) is 0 Å². The van der Waals surface area contributed by atoms with Crippen LogP contribution in [0.3, 0.4) is 0 Å². The van der Waals surface area contributed by atoms with Crippen molar-refractivity contribution >= 4 is 0 Å². The third kappa shape index (κ3) is 10.2. The minimum absolute atomic E-state index is 0.666. The molecule has 278 valence electrons. The summed E-state index contributed by atoms with van der Waals surface area (Å²) in [6, 6.07) is 21.0. The Bertz CT molecular complexity index is 1550. The molecule has 2 aliphatic carbocycles. The molecule has 2 saturated heterocycles. The highest BCUT2D eigenvalue weighted by atomic mass is 17.1. The summed E-state index contributed by atoms with van der Waals surface area (Å²) in [5.41, 5.74) is 8.18. The van der Waals surface area contributed by atoms with E-state index in [-0.39, 0.29) is 0 Å². The predicted molar refractivity (Wildman–Crippen MR) is 197 cm³/mol. The van der Waals surface area contributed by atoms with E-state index in [2.05, 4.69) is 102 Å². The van der Waals surface area contributed by atoms with Crippen LogP contribution >= 0.6 is 0 Å². The smallest absolute Gasteiger partial charge is 0.204 e. The minimum atomic E-state index is 0.666. The molecule has 2 aromatic carbocycles. The number of morpholine rings is 2. The molecule has 0 saturated carbocycles. The van der Waals surface area contributed by atoms with Crippen molar-refractivity contribution in [3.63, 3.8) is 0 Å². The Morgan fingerprint density at radius 3 is 1.40 bits per heavy atom. The molecule has 4 heterocycles. The van der Waals surface area contributed by atoms with E-state index in [0.29, 0.717) is 11.8 Å². The number of para-hydroxylation sites is 2. The molecule has 0 amide bonds. The lowest BCUT2D eigenvalue weighted by molar-refractivity contribution is -0.188. The Morgan fingerprint density at radius 1 is 0.615 bits per heavy atom. The minimum Gasteiger partial charge on any atom is -0.379 e. The maximum atomic E-state index is 7.33. The van der Waals surface area contributed by atoms with Crippen LogP contribution in [0.1, 0.15) is 72.9 Å². The number of ether oxygens (including phenoxy) is 2. The molecular formula is C40H52N6O6. The molecule has 2 unspecified atom stereocenters. The maximum absolute atomic E-state index is 7.33. The second-order valence-electron chi connectivity index (χ2n) is 13.6. The summed E-state index contributed by atoms with van der Waals surface area (Å²) in [5, 5.41) is 24.1. The van der Waals surface area contributed by atoms with E-state index in [0.717, 1.165) is 65.4 Å². The quantitative estimate of drug-likeness (QED) is 0.130. The second kappa shape index (κ2) is 20.1. The van der Waals surface area contributed by atoms with Crippen LogP contribution in [-0.4, -0.2) is 106 Å². The SMILES string of the molecule is OOC#COO.c1ccc(-n2ncc3c2CCCC3CCN2CCOCC2)cc1.c1ccc(-n2ncc3c2CCCC3CCN2CCOCC2)cc1. The molecule has 2 aromatic heterocycles. The van der Waals surface area contributed by atoms with E-state index in [9.17, 15) is 0 Å². The van der Waals surface area contributed by atoms with Crippen molar-refractivity contribution in [3.05, 3.63) is 95.6 Å². The molecule has 0 bridgehead atoms. The van der Waals surface area contributed by atoms with E-state index in [1.807, 2.05) is 0 Å². The van der Waals surface area contributed by atoms with Crippen LogP contribution in [0.15, 0.2) is 73.1 Å². The molecule has 2 atom stereocenters. The summed E-state index contributed by atoms with van der Waals surface area (Å²) in [4.78, 5) is 11.4. The number of fused-ring (bicyclic) bond motifs is 2. The van der Waals surface area contributed by atoms with Crippen molar-refractivity contribution in [1.82, 2.24) is 29.4 Å². The van der Waals surface area contributed by atoms with Gasteiger partial charge in [-0.05, 0) is 112 Å². The molecule has 0 radical (unpaired) electrons. The van der Waals surface area contributed by atoms with Gasteiger partial charge in [0.1, 0.15) is 0 Å². The zero-order chi connectivity index (χ0) is 35.8. The number of nitrogens with zero attached hydrogens (tertiary/aromatic N) is 6. The molecule has 4 aliphatic rings. The summed E-state index contributed by atoms with van der Waals surface area (Å²) in [5.74, 6) is 1.33. The predicted octanol–water partition coefficient (Wildman–Crippen LogP) is 5.91. The summed E-state index contributed by atoms with van der Waals surface area (Å²) in [7, 11) is 0. The van der Waals surface area contributed by atoms with Crippen LogP contribution in [0, 0.1) is 12.2 Å². The van der Waals surface area contributed by atoms with Gasteiger partial charge in [-0.3, -0.25) is 19.6 Å². The van der Waals surface area contributed by atoms with Gasteiger partial charge in [-0.1, -0.05) is 36.4 Å². The number of aromatic nitrogens is 4. The molecular weight excluding hydrogens is 660 g/mol. The highest BCUT2D eigenvalue weighted by Crippen LogP contribution is 2.36. The van der Waals surface area contributed by atoms with Gasteiger partial charge in [-0.25, -0.2) is 9.36 Å². The molecule has 2 N–H and O–H groups in total. The lowest BCUT2D eigenvalue weighted by Gasteiger charge is -2.29. The first-order chi connectivity index (χ1) is 25.7. The highest BCUT2D eigenvalue weighted by Gasteiger charge is 2.27. The summed E-state index contributed by atoms with van der Waals surface area (Å²) >= 11 is 0. The standard InChI is InChI=1S/2C19H25N3O.C2H2O4/c2*1-2-6-17(7-3-1)22-19-8-4-5-16(18(19)15-20-22)9-10-21-11-13-23-14-12-21;3-5-1-2-6-4/h2*1-3,6-7,15-16H,4-5,8-14H2;3-4H. The van der Waals surface area contributed by atoms with E-state index in [1.165, 1.54) is 97.7 Å². The molecule has 2 aliphatic heterocycles. The van der Waals surface area contributed by atoms with Crippen LogP contribution in [0.4, 0.5) is 0 Å². The maximum Gasteiger partial charge on any atom is 0.204 e. The van der Waals surface area contributed by atoms with Gasteiger partial charge in [-0.15, -0.1) is 0 Å². The monoisotopic (exact) mass is 712 g/mol. The molecule has 4 aromatic rings. The highest BCUT2D eigenvalue weighted by molar-refractivity contribution is 5.38. The first-order valence-corrected chi connectivity index (χ1v) is 18.7. The Morgan fingerprint density at radius 2 is 1.02 bits per heavy atom. The summed E-state index contributed by atoms with van der Waals surface area (Å²) in [6.45, 7) is 10.3. The molecule has 8 rings (SSSR count). The molecule has 12 nitrogen and oxygen atoms in total. The van der Waals surface area contributed by atoms with Gasteiger partial charge in [-0.2, -0.15) is 20.7 Å². The first-order valence-electron chi connectivity index (χ1n) is 18.7. The lowest BCUT2D eigenvalue weighted by Crippen LogP contribution is -2.37. The molecule has 2 fully saturated rings. The second-order valence-corrected chi connectivity index (χ2v) is 13.6. The number of hydrogen-bond acceptors (Lipinski definition) is 10. The van der Waals surface area contributed by atoms with Crippen LogP contribution in [0.2, 0.25) is 0 Å². The molecule has 0 spiro atoms. The topological polar surface area (TPSA) is 120 Å². The van der Waals surface area contributed by atoms with Gasteiger partial charge in [0.05, 0.1) is 50.2 Å². The number of hydrogen-bond donors (Lipinski definition) is 2. The van der Waals surface area contributed by atoms with Crippen molar-refractivity contribution in [3.8, 4) is 23.6 Å². The third-order valence-electron chi connectivity index (χ3n) is 10.5. The van der Waals surface area contributed by atoms with Gasteiger partial charge in [0.2, 0.25) is 12.2 Å². The lowest BCUT2D eigenvalue weighted by atomic mass is 9.84. The Labute approximate surface area is 306 Å². The van der Waals surface area contributed by atoms with Crippen molar-refractivity contribution in [2.45, 2.75) is 63.2 Å². The van der Waals surface area contributed by atoms with Crippen molar-refractivity contribution in [2.75, 3.05) is 65.7 Å². The van der Waals surface area contributed by atoms with Crippen LogP contribution in [-0.2, 0) is 32.1 Å². The van der Waals surface area contributed by atoms with Crippen molar-refractivity contribution in [2.24, 2.45) is 0 Å². The summed E-state index contributed by atoms with van der Waals surface area (Å²) < 4.78 is 15.2. The zero-order valence-electron chi connectivity index (χ0n) is 30.0.